The molecule has 0 heterocycles. The molecule has 0 fully saturated rings. The second-order valence-corrected chi connectivity index (χ2v) is 4.61. The van der Waals surface area contributed by atoms with E-state index in [4.69, 9.17) is 5.11 Å². The molecule has 94 valence electrons. The van der Waals surface area contributed by atoms with Gasteiger partial charge in [0.05, 0.1) is 0 Å². The van der Waals surface area contributed by atoms with E-state index in [0.29, 0.717) is 6.61 Å². The normalized spacial score (nSPS) is 10.1. The van der Waals surface area contributed by atoms with Crippen molar-refractivity contribution in [3.63, 3.8) is 0 Å². The van der Waals surface area contributed by atoms with E-state index in [1.54, 1.807) is 0 Å². The Bertz CT molecular complexity index is 100. The summed E-state index contributed by atoms with van der Waals surface area (Å²) in [7, 11) is 0. The summed E-state index contributed by atoms with van der Waals surface area (Å²) >= 11 is 0. The molecule has 0 spiro atoms. The van der Waals surface area contributed by atoms with Crippen molar-refractivity contribution in [2.24, 2.45) is 0 Å². The second-order valence-electron chi connectivity index (χ2n) is 4.61. The molecular weight excluding hydrogens is 207 g/mol. The SMILES string of the molecule is CCCCCCCCCCCCCCO.[H-].[Na+]. The molecule has 0 bridgehead atoms. The minimum atomic E-state index is 0. The van der Waals surface area contributed by atoms with Gasteiger partial charge in [0.2, 0.25) is 0 Å². The molecule has 1 nitrogen and oxygen atoms in total. The second kappa shape index (κ2) is 18.3. The van der Waals surface area contributed by atoms with Crippen molar-refractivity contribution in [3.8, 4) is 0 Å². The van der Waals surface area contributed by atoms with Crippen molar-refractivity contribution in [3.05, 3.63) is 0 Å². The van der Waals surface area contributed by atoms with E-state index >= 15 is 0 Å². The van der Waals surface area contributed by atoms with Crippen LogP contribution in [-0.2, 0) is 0 Å². The van der Waals surface area contributed by atoms with E-state index in [1.165, 1.54) is 70.6 Å². The minimum absolute atomic E-state index is 0. The standard InChI is InChI=1S/C14H30O.Na.H/c1-2-3-4-5-6-7-8-9-10-11-12-13-14-15;;/h15H,2-14H2,1H3;;/q;+1;-1. The zero-order valence-electron chi connectivity index (χ0n) is 12.6. The molecular formula is C14H31NaO. The molecule has 0 aliphatic carbocycles. The smallest absolute Gasteiger partial charge is 1.00 e. The van der Waals surface area contributed by atoms with Crippen LogP contribution in [0.5, 0.6) is 0 Å². The monoisotopic (exact) mass is 238 g/mol. The molecule has 0 aromatic carbocycles. The van der Waals surface area contributed by atoms with Crippen molar-refractivity contribution in [2.75, 3.05) is 6.61 Å². The molecule has 0 atom stereocenters. The average Bonchev–Trinajstić information content (AvgIpc) is 2.26. The van der Waals surface area contributed by atoms with E-state index in [9.17, 15) is 0 Å². The summed E-state index contributed by atoms with van der Waals surface area (Å²) in [4.78, 5) is 0. The number of rotatable bonds is 12. The number of hydrogen-bond acceptors (Lipinski definition) is 1. The van der Waals surface area contributed by atoms with Gasteiger partial charge >= 0.3 is 29.6 Å². The van der Waals surface area contributed by atoms with Gasteiger partial charge in [-0.1, -0.05) is 77.6 Å². The first-order chi connectivity index (χ1) is 7.41. The molecule has 0 aromatic rings. The van der Waals surface area contributed by atoms with Crippen LogP contribution in [0.1, 0.15) is 85.4 Å². The van der Waals surface area contributed by atoms with Gasteiger partial charge in [0.25, 0.3) is 0 Å². The Hall–Kier alpha value is 0.960. The van der Waals surface area contributed by atoms with E-state index in [2.05, 4.69) is 6.92 Å². The predicted octanol–water partition coefficient (Wildman–Crippen LogP) is 1.80. The summed E-state index contributed by atoms with van der Waals surface area (Å²) in [6.45, 7) is 2.64. The van der Waals surface area contributed by atoms with Crippen LogP contribution in [0.2, 0.25) is 0 Å². The van der Waals surface area contributed by atoms with Crippen LogP contribution in [-0.4, -0.2) is 11.7 Å². The van der Waals surface area contributed by atoms with Crippen molar-refractivity contribution < 1.29 is 36.1 Å². The summed E-state index contributed by atoms with van der Waals surface area (Å²) in [6, 6.07) is 0. The Kier molecular flexibility index (Phi) is 22.1. The molecule has 0 radical (unpaired) electrons. The molecule has 1 N–H and O–H groups in total. The summed E-state index contributed by atoms with van der Waals surface area (Å²) in [5, 5.41) is 8.61. The van der Waals surface area contributed by atoms with Crippen molar-refractivity contribution in [1.29, 1.82) is 0 Å². The van der Waals surface area contributed by atoms with E-state index in [-0.39, 0.29) is 31.0 Å². The average molecular weight is 238 g/mol. The van der Waals surface area contributed by atoms with Gasteiger partial charge < -0.3 is 6.53 Å². The molecule has 0 aliphatic rings. The van der Waals surface area contributed by atoms with Crippen LogP contribution in [0.3, 0.4) is 0 Å². The molecule has 16 heavy (non-hydrogen) atoms. The third-order valence-electron chi connectivity index (χ3n) is 3.01. The summed E-state index contributed by atoms with van der Waals surface area (Å²) in [5.74, 6) is 0. The molecule has 0 saturated heterocycles. The van der Waals surface area contributed by atoms with E-state index < -0.39 is 0 Å². The van der Waals surface area contributed by atoms with Gasteiger partial charge in [-0.25, -0.2) is 0 Å². The maximum atomic E-state index is 8.61. The van der Waals surface area contributed by atoms with Gasteiger partial charge in [0.1, 0.15) is 0 Å². The number of unbranched alkanes of at least 4 members (excludes halogenated alkanes) is 11. The number of aliphatic hydroxyl groups excluding tert-OH is 1. The predicted molar refractivity (Wildman–Crippen MR) is 69.3 cm³/mol. The van der Waals surface area contributed by atoms with Gasteiger partial charge in [-0.05, 0) is 6.42 Å². The fourth-order valence-electron chi connectivity index (χ4n) is 1.95. The summed E-state index contributed by atoms with van der Waals surface area (Å²) in [5.41, 5.74) is 0. The van der Waals surface area contributed by atoms with Crippen LogP contribution in [0.15, 0.2) is 0 Å². The molecule has 0 rings (SSSR count). The third kappa shape index (κ3) is 17.4. The Morgan fingerprint density at radius 1 is 0.625 bits per heavy atom. The Morgan fingerprint density at radius 2 is 0.938 bits per heavy atom. The molecule has 0 unspecified atom stereocenters. The quantitative estimate of drug-likeness (QED) is 0.406. The van der Waals surface area contributed by atoms with Crippen molar-refractivity contribution in [2.45, 2.75) is 84.0 Å². The molecule has 0 amide bonds. The van der Waals surface area contributed by atoms with Crippen LogP contribution in [0, 0.1) is 0 Å². The van der Waals surface area contributed by atoms with E-state index in [1.807, 2.05) is 0 Å². The first kappa shape index (κ1) is 19.3. The maximum Gasteiger partial charge on any atom is 1.00 e. The zero-order valence-corrected chi connectivity index (χ0v) is 13.6. The number of hydrogen-bond donors (Lipinski definition) is 1. The van der Waals surface area contributed by atoms with Crippen LogP contribution >= 0.6 is 0 Å². The van der Waals surface area contributed by atoms with Gasteiger partial charge in [0, 0.05) is 6.61 Å². The Balaban J connectivity index is -0.000000980. The van der Waals surface area contributed by atoms with Gasteiger partial charge in [-0.15, -0.1) is 0 Å². The fraction of sp³-hybridized carbons (Fsp3) is 1.00. The Morgan fingerprint density at radius 3 is 1.25 bits per heavy atom. The van der Waals surface area contributed by atoms with Gasteiger partial charge in [-0.3, -0.25) is 0 Å². The first-order valence-electron chi connectivity index (χ1n) is 7.02. The van der Waals surface area contributed by atoms with Crippen molar-refractivity contribution >= 4 is 0 Å². The maximum absolute atomic E-state index is 8.61. The fourth-order valence-corrected chi connectivity index (χ4v) is 1.95. The number of aliphatic hydroxyl groups is 1. The van der Waals surface area contributed by atoms with Crippen LogP contribution in [0.4, 0.5) is 0 Å². The van der Waals surface area contributed by atoms with Gasteiger partial charge in [0.15, 0.2) is 0 Å². The van der Waals surface area contributed by atoms with Gasteiger partial charge in [-0.2, -0.15) is 0 Å². The summed E-state index contributed by atoms with van der Waals surface area (Å²) < 4.78 is 0. The molecule has 2 heteroatoms. The minimum Gasteiger partial charge on any atom is -1.00 e. The Labute approximate surface area is 126 Å². The van der Waals surface area contributed by atoms with Crippen LogP contribution < -0.4 is 29.6 Å². The van der Waals surface area contributed by atoms with Crippen LogP contribution in [0.25, 0.3) is 0 Å². The van der Waals surface area contributed by atoms with E-state index in [0.717, 1.165) is 6.42 Å². The summed E-state index contributed by atoms with van der Waals surface area (Å²) in [6.07, 6.45) is 16.2. The van der Waals surface area contributed by atoms with Crippen molar-refractivity contribution in [1.82, 2.24) is 0 Å². The largest absolute Gasteiger partial charge is 1.00 e. The molecule has 0 saturated carbocycles. The topological polar surface area (TPSA) is 20.2 Å². The third-order valence-corrected chi connectivity index (χ3v) is 3.01. The molecule has 0 aromatic heterocycles. The molecule has 0 aliphatic heterocycles. The first-order valence-corrected chi connectivity index (χ1v) is 7.02. The zero-order chi connectivity index (χ0) is 11.2.